The highest BCUT2D eigenvalue weighted by atomic mass is 32.2. The number of carboxylic acid groups (broad SMARTS) is 1. The third kappa shape index (κ3) is 7.10. The van der Waals surface area contributed by atoms with Gasteiger partial charge in [0, 0.05) is 31.4 Å². The van der Waals surface area contributed by atoms with Crippen molar-refractivity contribution in [2.75, 3.05) is 18.0 Å². The van der Waals surface area contributed by atoms with Crippen LogP contribution in [0.25, 0.3) is 16.7 Å². The molecule has 1 atom stereocenters. The summed E-state index contributed by atoms with van der Waals surface area (Å²) in [4.78, 5) is 29.8. The zero-order valence-electron chi connectivity index (χ0n) is 21.9. The van der Waals surface area contributed by atoms with Crippen LogP contribution in [0.2, 0.25) is 0 Å². The first-order chi connectivity index (χ1) is 18.8. The topological polar surface area (TPSA) is 219 Å². The number of carbonyl (C=O) groups is 1. The van der Waals surface area contributed by atoms with Crippen molar-refractivity contribution in [2.24, 2.45) is 5.73 Å². The summed E-state index contributed by atoms with van der Waals surface area (Å²) in [5.41, 5.74) is 4.78. The number of aromatic nitrogens is 2. The number of fused-ring (bicyclic) bond motifs is 1. The van der Waals surface area contributed by atoms with E-state index in [2.05, 4.69) is 4.98 Å². The number of halogens is 3. The summed E-state index contributed by atoms with van der Waals surface area (Å²) in [6.07, 6.45) is 1.52. The van der Waals surface area contributed by atoms with Crippen LogP contribution in [0.1, 0.15) is 22.3 Å². The Labute approximate surface area is 236 Å². The smallest absolute Gasteiger partial charge is 0.341 e. The average molecular weight is 613 g/mol. The van der Waals surface area contributed by atoms with Crippen LogP contribution < -0.4 is 16.1 Å². The van der Waals surface area contributed by atoms with Crippen LogP contribution in [0.15, 0.2) is 64.4 Å². The van der Waals surface area contributed by atoms with Gasteiger partial charge in [0.15, 0.2) is 17.3 Å². The van der Waals surface area contributed by atoms with Gasteiger partial charge in [-0.1, -0.05) is 17.7 Å². The van der Waals surface area contributed by atoms with Gasteiger partial charge >= 0.3 is 5.97 Å². The molecule has 16 heteroatoms. The second-order valence-electron chi connectivity index (χ2n) is 9.09. The van der Waals surface area contributed by atoms with Gasteiger partial charge in [-0.25, -0.2) is 22.9 Å². The lowest BCUT2D eigenvalue weighted by Gasteiger charge is -2.19. The lowest BCUT2D eigenvalue weighted by molar-refractivity contribution is 0.0695. The summed E-state index contributed by atoms with van der Waals surface area (Å²) in [5, 5.41) is 9.00. The van der Waals surface area contributed by atoms with E-state index in [1.165, 1.54) is 12.1 Å². The maximum absolute atomic E-state index is 14.7. The predicted octanol–water partition coefficient (Wildman–Crippen LogP) is 1.63. The summed E-state index contributed by atoms with van der Waals surface area (Å²) in [5.74, 6) is -4.30. The molecule has 2 aromatic heterocycles. The lowest BCUT2D eigenvalue weighted by Crippen LogP contribution is -2.28. The normalized spacial score (nSPS) is 14.4. The van der Waals surface area contributed by atoms with E-state index in [0.717, 1.165) is 34.5 Å². The Bertz CT molecular complexity index is 1780. The predicted molar refractivity (Wildman–Crippen MR) is 147 cm³/mol. The summed E-state index contributed by atoms with van der Waals surface area (Å²) >= 11 is 0. The molecule has 0 radical (unpaired) electrons. The molecule has 5 rings (SSSR count). The molecule has 1 aliphatic rings. The van der Waals surface area contributed by atoms with Crippen LogP contribution in [0.3, 0.4) is 0 Å². The first-order valence-corrected chi connectivity index (χ1v) is 13.2. The molecule has 226 valence electrons. The fraction of sp³-hybridized carbons (Fsp3) is 0.192. The highest BCUT2D eigenvalue weighted by Gasteiger charge is 2.26. The second kappa shape index (κ2) is 13.1. The van der Waals surface area contributed by atoms with Crippen LogP contribution in [-0.4, -0.2) is 63.7 Å². The lowest BCUT2D eigenvalue weighted by atomic mass is 10.1. The summed E-state index contributed by atoms with van der Waals surface area (Å²) in [7, 11) is -4.02. The van der Waals surface area contributed by atoms with Gasteiger partial charge in [-0.05, 0) is 43.7 Å². The van der Waals surface area contributed by atoms with Gasteiger partial charge in [-0.3, -0.25) is 13.9 Å². The number of nitrogens with two attached hydrogens (primary N) is 1. The van der Waals surface area contributed by atoms with E-state index in [9.17, 15) is 36.3 Å². The highest BCUT2D eigenvalue weighted by molar-refractivity contribution is 7.85. The van der Waals surface area contributed by atoms with E-state index in [1.54, 1.807) is 17.0 Å². The molecule has 1 aliphatic heterocycles. The van der Waals surface area contributed by atoms with E-state index in [4.69, 9.17) is 10.3 Å². The minimum atomic E-state index is -4.02. The second-order valence-corrected chi connectivity index (χ2v) is 10.5. The number of benzene rings is 2. The van der Waals surface area contributed by atoms with Crippen molar-refractivity contribution in [1.29, 1.82) is 0 Å². The quantitative estimate of drug-likeness (QED) is 0.285. The molecule has 0 aliphatic carbocycles. The number of nitrogens with zero attached hydrogens (tertiary/aromatic N) is 3. The summed E-state index contributed by atoms with van der Waals surface area (Å²) in [6.45, 7) is 2.63. The fourth-order valence-electron chi connectivity index (χ4n) is 4.14. The summed E-state index contributed by atoms with van der Waals surface area (Å²) in [6, 6.07) is 9.38. The van der Waals surface area contributed by atoms with Crippen LogP contribution in [0, 0.1) is 24.4 Å². The first kappa shape index (κ1) is 33.9. The maximum Gasteiger partial charge on any atom is 0.341 e. The van der Waals surface area contributed by atoms with E-state index in [0.29, 0.717) is 25.6 Å². The number of carboxylic acids is 1. The van der Waals surface area contributed by atoms with Crippen molar-refractivity contribution in [3.63, 3.8) is 0 Å². The molecule has 3 heterocycles. The Balaban J connectivity index is 0.000000404. The van der Waals surface area contributed by atoms with Crippen molar-refractivity contribution in [2.45, 2.75) is 24.3 Å². The van der Waals surface area contributed by atoms with E-state index in [1.807, 2.05) is 6.92 Å². The van der Waals surface area contributed by atoms with Gasteiger partial charge in [0.2, 0.25) is 5.43 Å². The molecule has 0 spiro atoms. The Kier molecular flexibility index (Phi) is 10.6. The van der Waals surface area contributed by atoms with Crippen molar-refractivity contribution in [3.05, 3.63) is 93.5 Å². The number of pyridine rings is 2. The monoisotopic (exact) mass is 612 g/mol. The molecular weight excluding hydrogens is 585 g/mol. The molecule has 1 unspecified atom stereocenters. The molecule has 1 saturated heterocycles. The van der Waals surface area contributed by atoms with E-state index < -0.39 is 44.5 Å². The van der Waals surface area contributed by atoms with Gasteiger partial charge in [0.1, 0.15) is 17.2 Å². The van der Waals surface area contributed by atoms with Gasteiger partial charge < -0.3 is 26.7 Å². The molecule has 2 aromatic carbocycles. The number of hydrogen-bond acceptors (Lipinski definition) is 7. The molecule has 42 heavy (non-hydrogen) atoms. The van der Waals surface area contributed by atoms with Crippen molar-refractivity contribution < 1.29 is 47.0 Å². The first-order valence-electron chi connectivity index (χ1n) is 11.8. The van der Waals surface area contributed by atoms with Crippen LogP contribution >= 0.6 is 0 Å². The molecular formula is C26H27F3N4O8S. The molecule has 8 N–H and O–H groups in total. The number of aromatic carboxylic acids is 1. The molecule has 1 fully saturated rings. The van der Waals surface area contributed by atoms with Crippen LogP contribution in [0.4, 0.5) is 19.0 Å². The van der Waals surface area contributed by atoms with E-state index >= 15 is 0 Å². The number of anilines is 1. The zero-order valence-corrected chi connectivity index (χ0v) is 22.7. The van der Waals surface area contributed by atoms with Crippen LogP contribution in [0.5, 0.6) is 0 Å². The van der Waals surface area contributed by atoms with Gasteiger partial charge in [-0.15, -0.1) is 0 Å². The third-order valence-electron chi connectivity index (χ3n) is 6.16. The largest absolute Gasteiger partial charge is 0.477 e. The molecule has 4 aromatic rings. The Morgan fingerprint density at radius 2 is 1.69 bits per heavy atom. The Hall–Kier alpha value is -4.35. The van der Waals surface area contributed by atoms with E-state index in [-0.39, 0.29) is 44.4 Å². The molecule has 12 nitrogen and oxygen atoms in total. The third-order valence-corrected chi connectivity index (χ3v) is 7.02. The number of hydrogen-bond donors (Lipinski definition) is 3. The van der Waals surface area contributed by atoms with Crippen molar-refractivity contribution in [1.82, 2.24) is 9.55 Å². The average Bonchev–Trinajstić information content (AvgIpc) is 3.30. The SMILES string of the molecule is Cc1ccc(S(=O)(=O)O)cc1.NC1CCN(c2nc3c(cc2F)c(=O)c(C(=O)O)cn3-c2ccc(F)cc2F)C1.O.O. The van der Waals surface area contributed by atoms with Crippen molar-refractivity contribution >= 4 is 32.9 Å². The minimum Gasteiger partial charge on any atom is -0.477 e. The van der Waals surface area contributed by atoms with Crippen molar-refractivity contribution in [3.8, 4) is 5.69 Å². The van der Waals surface area contributed by atoms with Gasteiger partial charge in [-0.2, -0.15) is 8.42 Å². The molecule has 0 bridgehead atoms. The number of aryl methyl sites for hydroxylation is 1. The minimum absolute atomic E-state index is 0. The Morgan fingerprint density at radius 3 is 2.21 bits per heavy atom. The summed E-state index contributed by atoms with van der Waals surface area (Å²) < 4.78 is 73.0. The fourth-order valence-corrected chi connectivity index (χ4v) is 4.62. The molecule has 0 amide bonds. The van der Waals surface area contributed by atoms with Crippen LogP contribution in [-0.2, 0) is 10.1 Å². The standard InChI is InChI=1S/C19H15F3N4O3.C7H8O3S.2H2O/c20-9-1-2-15(13(21)5-9)26-8-12(19(28)29)16(27)11-6-14(22)18(24-17(11)26)25-4-3-10(23)7-25;1-6-2-4-7(5-3-6)11(8,9)10;;/h1-2,5-6,8,10H,3-4,7,23H2,(H,28,29);2-5H,1H3,(H,8,9,10);2*1H2. The Morgan fingerprint density at radius 1 is 1.05 bits per heavy atom. The molecule has 0 saturated carbocycles. The van der Waals surface area contributed by atoms with Gasteiger partial charge in [0.25, 0.3) is 10.1 Å². The zero-order chi connectivity index (χ0) is 29.4. The van der Waals surface area contributed by atoms with Gasteiger partial charge in [0.05, 0.1) is 16.0 Å². The maximum atomic E-state index is 14.7. The highest BCUT2D eigenvalue weighted by Crippen LogP contribution is 2.26. The number of rotatable bonds is 4.